The fourth-order valence-corrected chi connectivity index (χ4v) is 7.00. The van der Waals surface area contributed by atoms with E-state index in [2.05, 4.69) is 45.1 Å². The molecule has 0 radical (unpaired) electrons. The van der Waals surface area contributed by atoms with Gasteiger partial charge in [0.05, 0.1) is 0 Å². The molecule has 0 heterocycles. The predicted molar refractivity (Wildman–Crippen MR) is 238 cm³/mol. The average Bonchev–Trinajstić information content (AvgIpc) is 3.19. The zero-order chi connectivity index (χ0) is 40.8. The summed E-state index contributed by atoms with van der Waals surface area (Å²) in [5.41, 5.74) is 0. The van der Waals surface area contributed by atoms with E-state index in [0.717, 1.165) is 83.5 Å². The molecule has 0 aliphatic heterocycles. The summed E-state index contributed by atoms with van der Waals surface area (Å²) < 4.78 is 16.7. The highest BCUT2D eigenvalue weighted by molar-refractivity contribution is 5.71. The molecule has 0 aromatic rings. The fraction of sp³-hybridized carbons (Fsp3) is 0.860. The molecule has 0 spiro atoms. The standard InChI is InChI=1S/C50H92O6/c1-4-7-10-13-16-18-20-22-24-26-27-29-31-34-37-40-43-49(52)55-46-47(45-54-48(51)42-39-36-33-15-12-9-6-3)56-50(53)44-41-38-35-32-30-28-25-23-21-19-17-14-11-8-5-2/h17,19,23,25,47H,4-16,18,20-22,24,26-46H2,1-3H3/b19-17-,25-23-. The van der Waals surface area contributed by atoms with Crippen molar-refractivity contribution in [3.8, 4) is 0 Å². The molecule has 0 amide bonds. The maximum atomic E-state index is 12.7. The zero-order valence-corrected chi connectivity index (χ0v) is 37.4. The summed E-state index contributed by atoms with van der Waals surface area (Å²) in [5, 5.41) is 0. The Bertz CT molecular complexity index is 911. The second-order valence-electron chi connectivity index (χ2n) is 16.4. The Kier molecular flexibility index (Phi) is 43.9. The molecule has 0 aromatic carbocycles. The van der Waals surface area contributed by atoms with Crippen molar-refractivity contribution in [3.05, 3.63) is 24.3 Å². The van der Waals surface area contributed by atoms with Gasteiger partial charge in [-0.25, -0.2) is 0 Å². The number of rotatable bonds is 44. The quantitative estimate of drug-likeness (QED) is 0.0265. The molecule has 1 atom stereocenters. The second kappa shape index (κ2) is 45.6. The second-order valence-corrected chi connectivity index (χ2v) is 16.4. The van der Waals surface area contributed by atoms with Crippen molar-refractivity contribution in [3.63, 3.8) is 0 Å². The van der Waals surface area contributed by atoms with E-state index < -0.39 is 6.10 Å². The highest BCUT2D eigenvalue weighted by Gasteiger charge is 2.19. The summed E-state index contributed by atoms with van der Waals surface area (Å²) >= 11 is 0. The van der Waals surface area contributed by atoms with Crippen molar-refractivity contribution in [2.75, 3.05) is 13.2 Å². The van der Waals surface area contributed by atoms with Gasteiger partial charge in [0.2, 0.25) is 0 Å². The van der Waals surface area contributed by atoms with Crippen LogP contribution in [-0.2, 0) is 28.6 Å². The van der Waals surface area contributed by atoms with Gasteiger partial charge in [-0.15, -0.1) is 0 Å². The summed E-state index contributed by atoms with van der Waals surface area (Å²) in [4.78, 5) is 37.7. The minimum absolute atomic E-state index is 0.0731. The third kappa shape index (κ3) is 43.0. The summed E-state index contributed by atoms with van der Waals surface area (Å²) in [6.45, 7) is 6.58. The lowest BCUT2D eigenvalue weighted by Crippen LogP contribution is -2.30. The topological polar surface area (TPSA) is 78.9 Å². The van der Waals surface area contributed by atoms with Crippen LogP contribution in [0.2, 0.25) is 0 Å². The van der Waals surface area contributed by atoms with E-state index in [9.17, 15) is 14.4 Å². The molecule has 0 fully saturated rings. The monoisotopic (exact) mass is 789 g/mol. The van der Waals surface area contributed by atoms with Gasteiger partial charge in [-0.2, -0.15) is 0 Å². The lowest BCUT2D eigenvalue weighted by Gasteiger charge is -2.18. The molecule has 0 aliphatic carbocycles. The van der Waals surface area contributed by atoms with E-state index in [1.165, 1.54) is 135 Å². The number of ether oxygens (including phenoxy) is 3. The Hall–Kier alpha value is -2.11. The molecule has 0 bridgehead atoms. The van der Waals surface area contributed by atoms with Crippen LogP contribution in [0.25, 0.3) is 0 Å². The first kappa shape index (κ1) is 53.9. The van der Waals surface area contributed by atoms with Gasteiger partial charge >= 0.3 is 17.9 Å². The Labute approximate surface area is 347 Å². The van der Waals surface area contributed by atoms with Crippen LogP contribution in [0, 0.1) is 0 Å². The molecule has 0 aliphatic rings. The van der Waals surface area contributed by atoms with Crippen molar-refractivity contribution < 1.29 is 28.6 Å². The van der Waals surface area contributed by atoms with Crippen LogP contribution in [-0.4, -0.2) is 37.2 Å². The number of allylic oxidation sites excluding steroid dienone is 4. The molecule has 328 valence electrons. The van der Waals surface area contributed by atoms with E-state index in [0.29, 0.717) is 19.3 Å². The first-order chi connectivity index (χ1) is 27.5. The molecule has 0 aromatic heterocycles. The SMILES string of the molecule is CCCCC/C=C\C/C=C\CCCCCCCC(=O)OC(COC(=O)CCCCCCCCC)COC(=O)CCCCCCCCCCCCCCCCCC. The summed E-state index contributed by atoms with van der Waals surface area (Å²) in [6, 6.07) is 0. The average molecular weight is 789 g/mol. The highest BCUT2D eigenvalue weighted by atomic mass is 16.6. The normalized spacial score (nSPS) is 12.1. The summed E-state index contributed by atoms with van der Waals surface area (Å²) in [6.07, 6.45) is 50.3. The number of hydrogen-bond donors (Lipinski definition) is 0. The van der Waals surface area contributed by atoms with Gasteiger partial charge in [0, 0.05) is 19.3 Å². The molecular weight excluding hydrogens is 697 g/mol. The van der Waals surface area contributed by atoms with Crippen LogP contribution >= 0.6 is 0 Å². The number of esters is 3. The maximum absolute atomic E-state index is 12.7. The van der Waals surface area contributed by atoms with Gasteiger partial charge in [-0.05, 0) is 51.4 Å². The molecule has 6 nitrogen and oxygen atoms in total. The van der Waals surface area contributed by atoms with E-state index in [-0.39, 0.29) is 31.1 Å². The smallest absolute Gasteiger partial charge is 0.306 e. The van der Waals surface area contributed by atoms with Crippen LogP contribution in [0.3, 0.4) is 0 Å². The maximum Gasteiger partial charge on any atom is 0.306 e. The first-order valence-corrected chi connectivity index (χ1v) is 24.3. The van der Waals surface area contributed by atoms with E-state index in [1.807, 2.05) is 0 Å². The van der Waals surface area contributed by atoms with E-state index in [1.54, 1.807) is 0 Å². The van der Waals surface area contributed by atoms with Crippen molar-refractivity contribution in [2.45, 2.75) is 264 Å². The van der Waals surface area contributed by atoms with Gasteiger partial charge in [-0.1, -0.05) is 212 Å². The van der Waals surface area contributed by atoms with Crippen molar-refractivity contribution in [2.24, 2.45) is 0 Å². The fourth-order valence-electron chi connectivity index (χ4n) is 7.00. The Morgan fingerprint density at radius 3 is 1.02 bits per heavy atom. The Balaban J connectivity index is 4.27. The number of carbonyl (C=O) groups excluding carboxylic acids is 3. The highest BCUT2D eigenvalue weighted by Crippen LogP contribution is 2.15. The van der Waals surface area contributed by atoms with Crippen molar-refractivity contribution in [1.29, 1.82) is 0 Å². The lowest BCUT2D eigenvalue weighted by atomic mass is 10.0. The van der Waals surface area contributed by atoms with Crippen molar-refractivity contribution >= 4 is 17.9 Å². The minimum atomic E-state index is -0.770. The van der Waals surface area contributed by atoms with Gasteiger partial charge in [0.15, 0.2) is 6.10 Å². The molecule has 0 saturated heterocycles. The number of carbonyl (C=O) groups is 3. The third-order valence-corrected chi connectivity index (χ3v) is 10.7. The van der Waals surface area contributed by atoms with Crippen LogP contribution in [0.1, 0.15) is 258 Å². The van der Waals surface area contributed by atoms with Crippen LogP contribution in [0.5, 0.6) is 0 Å². The van der Waals surface area contributed by atoms with Gasteiger partial charge < -0.3 is 14.2 Å². The largest absolute Gasteiger partial charge is 0.462 e. The zero-order valence-electron chi connectivity index (χ0n) is 37.4. The first-order valence-electron chi connectivity index (χ1n) is 24.3. The van der Waals surface area contributed by atoms with Crippen LogP contribution in [0.4, 0.5) is 0 Å². The Morgan fingerprint density at radius 1 is 0.357 bits per heavy atom. The van der Waals surface area contributed by atoms with E-state index in [4.69, 9.17) is 14.2 Å². The molecule has 0 N–H and O–H groups in total. The van der Waals surface area contributed by atoms with Gasteiger partial charge in [0.1, 0.15) is 13.2 Å². The van der Waals surface area contributed by atoms with Crippen LogP contribution < -0.4 is 0 Å². The molecule has 56 heavy (non-hydrogen) atoms. The summed E-state index contributed by atoms with van der Waals surface area (Å²) in [7, 11) is 0. The summed E-state index contributed by atoms with van der Waals surface area (Å²) in [5.74, 6) is -0.884. The molecular formula is C50H92O6. The Morgan fingerprint density at radius 2 is 0.643 bits per heavy atom. The molecule has 1 unspecified atom stereocenters. The molecule has 6 heteroatoms. The minimum Gasteiger partial charge on any atom is -0.462 e. The number of hydrogen-bond acceptors (Lipinski definition) is 6. The third-order valence-electron chi connectivity index (χ3n) is 10.7. The molecule has 0 saturated carbocycles. The van der Waals surface area contributed by atoms with E-state index >= 15 is 0 Å². The predicted octanol–water partition coefficient (Wildman–Crippen LogP) is 15.6. The van der Waals surface area contributed by atoms with Crippen molar-refractivity contribution in [1.82, 2.24) is 0 Å². The molecule has 0 rings (SSSR count). The van der Waals surface area contributed by atoms with Gasteiger partial charge in [-0.3, -0.25) is 14.4 Å². The lowest BCUT2D eigenvalue weighted by molar-refractivity contribution is -0.167. The van der Waals surface area contributed by atoms with Crippen LogP contribution in [0.15, 0.2) is 24.3 Å². The van der Waals surface area contributed by atoms with Gasteiger partial charge in [0.25, 0.3) is 0 Å². The number of unbranched alkanes of at least 4 members (excludes halogenated alkanes) is 29.